The minimum atomic E-state index is -0.266. The Morgan fingerprint density at radius 1 is 1.00 bits per heavy atom. The van der Waals surface area contributed by atoms with Crippen molar-refractivity contribution >= 4 is 5.78 Å². The van der Waals surface area contributed by atoms with Gasteiger partial charge in [0.2, 0.25) is 0 Å². The molecule has 2 aromatic carbocycles. The second-order valence-electron chi connectivity index (χ2n) is 4.24. The van der Waals surface area contributed by atoms with Crippen LogP contribution in [0.4, 0.5) is 0 Å². The second-order valence-corrected chi connectivity index (χ2v) is 4.24. The van der Waals surface area contributed by atoms with Crippen LogP contribution in [0.25, 0.3) is 0 Å². The molecule has 0 saturated carbocycles. The molecule has 2 N–H and O–H groups in total. The van der Waals surface area contributed by atoms with Gasteiger partial charge in [0, 0.05) is 11.1 Å². The fourth-order valence-corrected chi connectivity index (χ4v) is 1.87. The van der Waals surface area contributed by atoms with Crippen LogP contribution in [-0.4, -0.2) is 16.0 Å². The van der Waals surface area contributed by atoms with E-state index in [4.69, 9.17) is 0 Å². The summed E-state index contributed by atoms with van der Waals surface area (Å²) in [4.78, 5) is 12.3. The topological polar surface area (TPSA) is 57.5 Å². The Balaban J connectivity index is 2.56. The molecule has 0 aliphatic carbocycles. The predicted molar refractivity (Wildman–Crippen MR) is 69.1 cm³/mol. The highest BCUT2D eigenvalue weighted by Crippen LogP contribution is 2.33. The highest BCUT2D eigenvalue weighted by Gasteiger charge is 2.17. The summed E-state index contributed by atoms with van der Waals surface area (Å²) in [6, 6.07) is 10.2. The van der Waals surface area contributed by atoms with Crippen molar-refractivity contribution in [1.29, 1.82) is 0 Å². The van der Waals surface area contributed by atoms with Crippen molar-refractivity contribution < 1.29 is 15.0 Å². The van der Waals surface area contributed by atoms with Gasteiger partial charge in [0.1, 0.15) is 0 Å². The van der Waals surface area contributed by atoms with E-state index >= 15 is 0 Å². The molecule has 0 bridgehead atoms. The van der Waals surface area contributed by atoms with Gasteiger partial charge in [0.05, 0.1) is 0 Å². The van der Waals surface area contributed by atoms with Crippen molar-refractivity contribution in [2.75, 3.05) is 0 Å². The Labute approximate surface area is 105 Å². The third-order valence-electron chi connectivity index (χ3n) is 3.13. The van der Waals surface area contributed by atoms with Crippen LogP contribution >= 0.6 is 0 Å². The summed E-state index contributed by atoms with van der Waals surface area (Å²) < 4.78 is 0. The van der Waals surface area contributed by atoms with E-state index in [0.717, 1.165) is 0 Å². The molecule has 0 unspecified atom stereocenters. The van der Waals surface area contributed by atoms with Gasteiger partial charge in [-0.05, 0) is 31.0 Å². The molecule has 0 saturated heterocycles. The lowest BCUT2D eigenvalue weighted by Crippen LogP contribution is -2.04. The maximum atomic E-state index is 12.3. The SMILES string of the molecule is Cc1c(C(=O)c2ccccc2)cc(O)c(O)c1C. The number of ketones is 1. The largest absolute Gasteiger partial charge is 0.504 e. The Kier molecular flexibility index (Phi) is 3.06. The highest BCUT2D eigenvalue weighted by molar-refractivity contribution is 6.10. The van der Waals surface area contributed by atoms with E-state index in [9.17, 15) is 15.0 Å². The smallest absolute Gasteiger partial charge is 0.193 e. The molecule has 92 valence electrons. The molecule has 0 aliphatic heterocycles. The predicted octanol–water partition coefficient (Wildman–Crippen LogP) is 2.95. The summed E-state index contributed by atoms with van der Waals surface area (Å²) in [5.74, 6) is -0.596. The van der Waals surface area contributed by atoms with E-state index in [1.807, 2.05) is 6.07 Å². The fraction of sp³-hybridized carbons (Fsp3) is 0.133. The Morgan fingerprint density at radius 3 is 2.22 bits per heavy atom. The lowest BCUT2D eigenvalue weighted by molar-refractivity contribution is 0.103. The van der Waals surface area contributed by atoms with Crippen molar-refractivity contribution in [3.8, 4) is 11.5 Å². The molecule has 0 heterocycles. The summed E-state index contributed by atoms with van der Waals surface area (Å²) in [6.07, 6.45) is 0. The minimum Gasteiger partial charge on any atom is -0.504 e. The first-order chi connectivity index (χ1) is 8.52. The van der Waals surface area contributed by atoms with Crippen LogP contribution in [0.15, 0.2) is 36.4 Å². The van der Waals surface area contributed by atoms with Gasteiger partial charge in [-0.3, -0.25) is 4.79 Å². The number of benzene rings is 2. The lowest BCUT2D eigenvalue weighted by atomic mass is 9.95. The molecule has 0 radical (unpaired) electrons. The van der Waals surface area contributed by atoms with Crippen molar-refractivity contribution in [2.45, 2.75) is 13.8 Å². The third-order valence-corrected chi connectivity index (χ3v) is 3.13. The second kappa shape index (κ2) is 4.53. The van der Waals surface area contributed by atoms with E-state index in [-0.39, 0.29) is 17.3 Å². The summed E-state index contributed by atoms with van der Waals surface area (Å²) in [6.45, 7) is 3.43. The first kappa shape index (κ1) is 12.2. The van der Waals surface area contributed by atoms with Gasteiger partial charge >= 0.3 is 0 Å². The minimum absolute atomic E-state index is 0.161. The fourth-order valence-electron chi connectivity index (χ4n) is 1.87. The quantitative estimate of drug-likeness (QED) is 0.628. The Bertz CT molecular complexity index is 601. The molecular formula is C15H14O3. The van der Waals surface area contributed by atoms with Crippen molar-refractivity contribution in [3.63, 3.8) is 0 Å². The molecular weight excluding hydrogens is 228 g/mol. The van der Waals surface area contributed by atoms with Crippen molar-refractivity contribution in [3.05, 3.63) is 58.7 Å². The molecule has 2 aromatic rings. The molecule has 0 fully saturated rings. The molecule has 0 aliphatic rings. The maximum absolute atomic E-state index is 12.3. The number of phenols is 2. The molecule has 0 atom stereocenters. The monoisotopic (exact) mass is 242 g/mol. The first-order valence-electron chi connectivity index (χ1n) is 5.64. The zero-order chi connectivity index (χ0) is 13.3. The Morgan fingerprint density at radius 2 is 1.61 bits per heavy atom. The lowest BCUT2D eigenvalue weighted by Gasteiger charge is -2.11. The van der Waals surface area contributed by atoms with Crippen LogP contribution in [0.2, 0.25) is 0 Å². The number of phenolic OH excluding ortho intramolecular Hbond substituents is 2. The normalized spacial score (nSPS) is 10.3. The molecule has 0 aromatic heterocycles. The average molecular weight is 242 g/mol. The zero-order valence-electron chi connectivity index (χ0n) is 10.3. The van der Waals surface area contributed by atoms with E-state index in [2.05, 4.69) is 0 Å². The number of aromatic hydroxyl groups is 2. The maximum Gasteiger partial charge on any atom is 0.193 e. The third kappa shape index (κ3) is 1.95. The van der Waals surface area contributed by atoms with Crippen molar-refractivity contribution in [1.82, 2.24) is 0 Å². The van der Waals surface area contributed by atoms with E-state index in [1.165, 1.54) is 6.07 Å². The van der Waals surface area contributed by atoms with Gasteiger partial charge in [-0.15, -0.1) is 0 Å². The number of rotatable bonds is 2. The number of hydrogen-bond acceptors (Lipinski definition) is 3. The van der Waals surface area contributed by atoms with Crippen LogP contribution in [0, 0.1) is 13.8 Å². The van der Waals surface area contributed by atoms with Crippen LogP contribution in [0.3, 0.4) is 0 Å². The number of carbonyl (C=O) groups excluding carboxylic acids is 1. The summed E-state index contributed by atoms with van der Waals surface area (Å²) in [5.41, 5.74) is 2.17. The molecule has 0 amide bonds. The summed E-state index contributed by atoms with van der Waals surface area (Å²) in [5, 5.41) is 19.2. The van der Waals surface area contributed by atoms with Crippen molar-refractivity contribution in [2.24, 2.45) is 0 Å². The Hall–Kier alpha value is -2.29. The number of carbonyl (C=O) groups is 1. The average Bonchev–Trinajstić information content (AvgIpc) is 2.41. The molecule has 2 rings (SSSR count). The molecule has 3 heteroatoms. The first-order valence-corrected chi connectivity index (χ1v) is 5.64. The zero-order valence-corrected chi connectivity index (χ0v) is 10.3. The van der Waals surface area contributed by atoms with Gasteiger partial charge in [0.25, 0.3) is 0 Å². The van der Waals surface area contributed by atoms with E-state index < -0.39 is 0 Å². The molecule has 0 spiro atoms. The standard InChI is InChI=1S/C15H14O3/c1-9-10(2)14(17)13(16)8-12(9)15(18)11-6-4-3-5-7-11/h3-8,16-17H,1-2H3. The van der Waals surface area contributed by atoms with Gasteiger partial charge < -0.3 is 10.2 Å². The van der Waals surface area contributed by atoms with E-state index in [1.54, 1.807) is 38.1 Å². The summed E-state index contributed by atoms with van der Waals surface area (Å²) in [7, 11) is 0. The highest BCUT2D eigenvalue weighted by atomic mass is 16.3. The van der Waals surface area contributed by atoms with Gasteiger partial charge in [0.15, 0.2) is 17.3 Å². The van der Waals surface area contributed by atoms with Crippen LogP contribution < -0.4 is 0 Å². The number of hydrogen-bond donors (Lipinski definition) is 2. The van der Waals surface area contributed by atoms with Gasteiger partial charge in [-0.25, -0.2) is 0 Å². The van der Waals surface area contributed by atoms with Gasteiger partial charge in [-0.1, -0.05) is 30.3 Å². The van der Waals surface area contributed by atoms with E-state index in [0.29, 0.717) is 22.3 Å². The van der Waals surface area contributed by atoms with Crippen LogP contribution in [-0.2, 0) is 0 Å². The van der Waals surface area contributed by atoms with Gasteiger partial charge in [-0.2, -0.15) is 0 Å². The van der Waals surface area contributed by atoms with Crippen LogP contribution in [0.1, 0.15) is 27.0 Å². The molecule has 18 heavy (non-hydrogen) atoms. The summed E-state index contributed by atoms with van der Waals surface area (Å²) >= 11 is 0. The molecule has 3 nitrogen and oxygen atoms in total. The van der Waals surface area contributed by atoms with Crippen LogP contribution in [0.5, 0.6) is 11.5 Å².